The summed E-state index contributed by atoms with van der Waals surface area (Å²) in [5, 5.41) is 2.86. The maximum Gasteiger partial charge on any atom is 0.327 e. The zero-order chi connectivity index (χ0) is 18.7. The van der Waals surface area contributed by atoms with Crippen LogP contribution < -0.4 is 5.32 Å². The number of fused-ring (bicyclic) bond motifs is 1. The lowest BCUT2D eigenvalue weighted by molar-refractivity contribution is -0.141. The molecule has 1 aromatic carbocycles. The van der Waals surface area contributed by atoms with Crippen LogP contribution in [-0.4, -0.2) is 46.8 Å². The van der Waals surface area contributed by atoms with Gasteiger partial charge in [0.2, 0.25) is 11.8 Å². The molecule has 1 aliphatic heterocycles. The van der Waals surface area contributed by atoms with E-state index in [1.807, 2.05) is 24.3 Å². The smallest absolute Gasteiger partial charge is 0.325 e. The van der Waals surface area contributed by atoms with E-state index in [9.17, 15) is 14.4 Å². The maximum atomic E-state index is 12.7. The van der Waals surface area contributed by atoms with Gasteiger partial charge in [0.15, 0.2) is 0 Å². The molecule has 2 fully saturated rings. The van der Waals surface area contributed by atoms with E-state index in [2.05, 4.69) is 12.2 Å². The van der Waals surface area contributed by atoms with Crippen molar-refractivity contribution < 1.29 is 14.4 Å². The highest BCUT2D eigenvalue weighted by Crippen LogP contribution is 2.34. The molecule has 0 spiro atoms. The highest BCUT2D eigenvalue weighted by atomic mass is 16.2. The van der Waals surface area contributed by atoms with Crippen molar-refractivity contribution in [1.29, 1.82) is 0 Å². The predicted molar refractivity (Wildman–Crippen MR) is 99.7 cm³/mol. The minimum absolute atomic E-state index is 0.0146. The number of carbonyl (C=O) groups is 3. The highest BCUT2D eigenvalue weighted by Gasteiger charge is 2.46. The number of hydrogen-bond acceptors (Lipinski definition) is 3. The minimum Gasteiger partial charge on any atom is -0.325 e. The van der Waals surface area contributed by atoms with Gasteiger partial charge in [-0.3, -0.25) is 14.5 Å². The van der Waals surface area contributed by atoms with Gasteiger partial charge in [-0.2, -0.15) is 0 Å². The second-order valence-corrected chi connectivity index (χ2v) is 7.05. The van der Waals surface area contributed by atoms with Gasteiger partial charge < -0.3 is 10.2 Å². The molecule has 4 amide bonds. The van der Waals surface area contributed by atoms with E-state index in [1.54, 1.807) is 11.8 Å². The predicted octanol–water partition coefficient (Wildman–Crippen LogP) is 3.03. The molecule has 1 aromatic rings. The Bertz CT molecular complexity index is 686. The fourth-order valence-corrected chi connectivity index (χ4v) is 4.02. The molecule has 26 heavy (non-hydrogen) atoms. The molecule has 1 saturated heterocycles. The number of urea groups is 1. The van der Waals surface area contributed by atoms with E-state index in [-0.39, 0.29) is 36.3 Å². The van der Waals surface area contributed by atoms with Crippen LogP contribution in [0.3, 0.4) is 0 Å². The van der Waals surface area contributed by atoms with Crippen LogP contribution >= 0.6 is 0 Å². The fourth-order valence-electron chi connectivity index (χ4n) is 4.02. The van der Waals surface area contributed by atoms with Gasteiger partial charge in [-0.05, 0) is 43.9 Å². The van der Waals surface area contributed by atoms with Crippen LogP contribution in [0.1, 0.15) is 45.1 Å². The Morgan fingerprint density at radius 1 is 1.12 bits per heavy atom. The lowest BCUT2D eigenvalue weighted by Crippen LogP contribution is -2.63. The van der Waals surface area contributed by atoms with Gasteiger partial charge in [-0.25, -0.2) is 4.79 Å². The largest absolute Gasteiger partial charge is 0.327 e. The number of anilines is 1. The summed E-state index contributed by atoms with van der Waals surface area (Å²) in [6.07, 6.45) is 4.52. The molecule has 0 aromatic heterocycles. The monoisotopic (exact) mass is 357 g/mol. The summed E-state index contributed by atoms with van der Waals surface area (Å²) in [6, 6.07) is 7.23. The first kappa shape index (κ1) is 18.4. The summed E-state index contributed by atoms with van der Waals surface area (Å²) in [4.78, 5) is 40.7. The van der Waals surface area contributed by atoms with Crippen molar-refractivity contribution >= 4 is 23.5 Å². The lowest BCUT2D eigenvalue weighted by atomic mass is 9.81. The van der Waals surface area contributed by atoms with Crippen LogP contribution in [0.2, 0.25) is 0 Å². The van der Waals surface area contributed by atoms with E-state index in [0.29, 0.717) is 6.54 Å². The molecule has 2 unspecified atom stereocenters. The van der Waals surface area contributed by atoms with Crippen molar-refractivity contribution in [2.45, 2.75) is 52.0 Å². The first-order chi connectivity index (χ1) is 12.5. The van der Waals surface area contributed by atoms with Crippen LogP contribution in [0.5, 0.6) is 0 Å². The molecule has 2 atom stereocenters. The quantitative estimate of drug-likeness (QED) is 0.880. The Kier molecular flexibility index (Phi) is 5.59. The number of benzene rings is 1. The van der Waals surface area contributed by atoms with Gasteiger partial charge in [0.05, 0.1) is 5.92 Å². The molecular weight excluding hydrogens is 330 g/mol. The Labute approximate surface area is 154 Å². The molecule has 0 radical (unpaired) electrons. The number of amides is 4. The van der Waals surface area contributed by atoms with Crippen molar-refractivity contribution in [2.75, 3.05) is 18.4 Å². The number of imide groups is 1. The summed E-state index contributed by atoms with van der Waals surface area (Å²) in [6.45, 7) is 4.21. The third kappa shape index (κ3) is 3.59. The molecule has 0 bridgehead atoms. The van der Waals surface area contributed by atoms with Crippen molar-refractivity contribution in [3.8, 4) is 0 Å². The van der Waals surface area contributed by atoms with E-state index in [4.69, 9.17) is 0 Å². The summed E-state index contributed by atoms with van der Waals surface area (Å²) in [5.41, 5.74) is 1.93. The number of nitrogens with one attached hydrogen (secondary N) is 1. The topological polar surface area (TPSA) is 69.7 Å². The van der Waals surface area contributed by atoms with Gasteiger partial charge in [0.1, 0.15) is 6.54 Å². The third-order valence-electron chi connectivity index (χ3n) is 5.47. The van der Waals surface area contributed by atoms with E-state index in [1.165, 1.54) is 10.5 Å². The number of nitrogens with zero attached hydrogens (tertiary/aromatic N) is 2. The van der Waals surface area contributed by atoms with E-state index in [0.717, 1.165) is 37.8 Å². The Morgan fingerprint density at radius 2 is 1.81 bits per heavy atom. The second kappa shape index (κ2) is 7.89. The molecule has 6 heteroatoms. The average Bonchev–Trinajstić information content (AvgIpc) is 2.66. The van der Waals surface area contributed by atoms with Crippen molar-refractivity contribution in [3.05, 3.63) is 29.8 Å². The molecule has 3 rings (SSSR count). The van der Waals surface area contributed by atoms with Gasteiger partial charge >= 0.3 is 6.03 Å². The molecule has 1 heterocycles. The van der Waals surface area contributed by atoms with Gasteiger partial charge in [-0.15, -0.1) is 0 Å². The fraction of sp³-hybridized carbons (Fsp3) is 0.550. The van der Waals surface area contributed by atoms with E-state index < -0.39 is 0 Å². The first-order valence-electron chi connectivity index (χ1n) is 9.56. The number of carbonyl (C=O) groups excluding carboxylic acids is 3. The zero-order valence-electron chi connectivity index (χ0n) is 15.5. The average molecular weight is 357 g/mol. The maximum absolute atomic E-state index is 12.7. The van der Waals surface area contributed by atoms with Gasteiger partial charge in [-0.1, -0.05) is 31.9 Å². The Hall–Kier alpha value is -2.37. The number of aryl methyl sites for hydroxylation is 1. The molecule has 1 aliphatic carbocycles. The molecular formula is C20H27N3O3. The second-order valence-electron chi connectivity index (χ2n) is 7.05. The summed E-state index contributed by atoms with van der Waals surface area (Å²) < 4.78 is 0. The lowest BCUT2D eigenvalue weighted by Gasteiger charge is -2.46. The molecule has 6 nitrogen and oxygen atoms in total. The van der Waals surface area contributed by atoms with Crippen LogP contribution in [0, 0.1) is 5.92 Å². The first-order valence-corrected chi connectivity index (χ1v) is 9.56. The normalized spacial score (nSPS) is 23.0. The highest BCUT2D eigenvalue weighted by molar-refractivity contribution is 6.01. The summed E-state index contributed by atoms with van der Waals surface area (Å²) in [7, 11) is 0. The summed E-state index contributed by atoms with van der Waals surface area (Å²) >= 11 is 0. The Balaban J connectivity index is 1.71. The van der Waals surface area contributed by atoms with E-state index >= 15 is 0 Å². The van der Waals surface area contributed by atoms with Gasteiger partial charge in [0.25, 0.3) is 0 Å². The zero-order valence-corrected chi connectivity index (χ0v) is 15.5. The van der Waals surface area contributed by atoms with Crippen LogP contribution in [-0.2, 0) is 16.0 Å². The van der Waals surface area contributed by atoms with Crippen LogP contribution in [0.4, 0.5) is 10.5 Å². The van der Waals surface area contributed by atoms with Crippen LogP contribution in [0.15, 0.2) is 24.3 Å². The minimum atomic E-state index is -0.336. The van der Waals surface area contributed by atoms with Crippen molar-refractivity contribution in [2.24, 2.45) is 5.92 Å². The number of rotatable bonds is 5. The van der Waals surface area contributed by atoms with Crippen molar-refractivity contribution in [3.63, 3.8) is 0 Å². The molecule has 1 saturated carbocycles. The third-order valence-corrected chi connectivity index (χ3v) is 5.47. The molecule has 140 valence electrons. The van der Waals surface area contributed by atoms with Crippen molar-refractivity contribution in [1.82, 2.24) is 9.80 Å². The number of hydrogen-bond donors (Lipinski definition) is 1. The SMILES string of the molecule is CCc1ccc(NC(=O)CN2C(=O)N(CC)C(=O)C3CCCCC32)cc1. The standard InChI is InChI=1S/C20H27N3O3/c1-3-14-9-11-15(12-10-14)21-18(24)13-23-17-8-6-5-7-16(17)19(25)22(4-2)20(23)26/h9-12,16-17H,3-8,13H2,1-2H3,(H,21,24). The van der Waals surface area contributed by atoms with Gasteiger partial charge in [0, 0.05) is 18.3 Å². The van der Waals surface area contributed by atoms with Crippen LogP contribution in [0.25, 0.3) is 0 Å². The Morgan fingerprint density at radius 3 is 2.46 bits per heavy atom. The summed E-state index contributed by atoms with van der Waals surface area (Å²) in [5.74, 6) is -0.468. The molecule has 1 N–H and O–H groups in total. The molecule has 2 aliphatic rings.